The number of nitrogens with zero attached hydrogens (tertiary/aromatic N) is 4. The Labute approximate surface area is 144 Å². The Morgan fingerprint density at radius 1 is 1.35 bits per heavy atom. The van der Waals surface area contributed by atoms with Crippen molar-refractivity contribution in [1.29, 1.82) is 0 Å². The first kappa shape index (κ1) is 18.2. The number of guanidine groups is 1. The second-order valence-corrected chi connectivity index (χ2v) is 7.45. The summed E-state index contributed by atoms with van der Waals surface area (Å²) in [6.07, 6.45) is 1.91. The molecular formula is C16H30N6S. The van der Waals surface area contributed by atoms with E-state index in [1.54, 1.807) is 11.3 Å². The number of piperazine rings is 1. The van der Waals surface area contributed by atoms with E-state index < -0.39 is 0 Å². The van der Waals surface area contributed by atoms with Gasteiger partial charge in [0.1, 0.15) is 5.01 Å². The predicted molar refractivity (Wildman–Crippen MR) is 98.2 cm³/mol. The molecule has 2 rings (SSSR count). The van der Waals surface area contributed by atoms with Gasteiger partial charge in [-0.3, -0.25) is 4.90 Å². The summed E-state index contributed by atoms with van der Waals surface area (Å²) in [5.74, 6) is 0.876. The average molecular weight is 339 g/mol. The molecule has 0 aliphatic carbocycles. The van der Waals surface area contributed by atoms with E-state index in [4.69, 9.17) is 0 Å². The fourth-order valence-electron chi connectivity index (χ4n) is 2.60. The summed E-state index contributed by atoms with van der Waals surface area (Å²) in [6, 6.07) is 0.509. The Kier molecular flexibility index (Phi) is 7.26. The van der Waals surface area contributed by atoms with E-state index in [1.165, 1.54) is 4.88 Å². The Bertz CT molecular complexity index is 493. The van der Waals surface area contributed by atoms with Crippen LogP contribution in [0.4, 0.5) is 0 Å². The first-order valence-electron chi connectivity index (χ1n) is 8.44. The Hall–Kier alpha value is -1.18. The van der Waals surface area contributed by atoms with Crippen LogP contribution in [-0.4, -0.2) is 73.1 Å². The van der Waals surface area contributed by atoms with Crippen LogP contribution in [0, 0.1) is 6.92 Å². The predicted octanol–water partition coefficient (Wildman–Crippen LogP) is 1.14. The van der Waals surface area contributed by atoms with Crippen LogP contribution in [0.2, 0.25) is 0 Å². The first-order chi connectivity index (χ1) is 11.1. The topological polar surface area (TPSA) is 55.8 Å². The van der Waals surface area contributed by atoms with E-state index in [0.29, 0.717) is 12.6 Å². The molecular weight excluding hydrogens is 308 g/mol. The third-order valence-corrected chi connectivity index (χ3v) is 5.01. The highest BCUT2D eigenvalue weighted by Gasteiger charge is 2.19. The Balaban J connectivity index is 1.81. The zero-order valence-electron chi connectivity index (χ0n) is 14.8. The summed E-state index contributed by atoms with van der Waals surface area (Å²) >= 11 is 1.71. The van der Waals surface area contributed by atoms with Gasteiger partial charge in [0.05, 0.1) is 6.54 Å². The zero-order chi connectivity index (χ0) is 16.7. The van der Waals surface area contributed by atoms with Crippen molar-refractivity contribution in [3.8, 4) is 0 Å². The average Bonchev–Trinajstić information content (AvgIpc) is 2.96. The molecule has 2 heterocycles. The Morgan fingerprint density at radius 3 is 2.70 bits per heavy atom. The van der Waals surface area contributed by atoms with Crippen molar-refractivity contribution < 1.29 is 0 Å². The molecule has 0 spiro atoms. The third-order valence-electron chi connectivity index (χ3n) is 4.11. The molecule has 1 atom stereocenters. The molecule has 1 aromatic heterocycles. The minimum Gasteiger partial charge on any atom is -0.357 e. The van der Waals surface area contributed by atoms with Crippen LogP contribution in [0.15, 0.2) is 11.2 Å². The Morgan fingerprint density at radius 2 is 2.09 bits per heavy atom. The molecule has 2 N–H and O–H groups in total. The molecule has 7 heteroatoms. The van der Waals surface area contributed by atoms with Gasteiger partial charge in [0.25, 0.3) is 0 Å². The summed E-state index contributed by atoms with van der Waals surface area (Å²) in [4.78, 5) is 15.2. The van der Waals surface area contributed by atoms with Crippen molar-refractivity contribution in [1.82, 2.24) is 25.4 Å². The van der Waals surface area contributed by atoms with Gasteiger partial charge in [-0.05, 0) is 27.8 Å². The van der Waals surface area contributed by atoms with Crippen LogP contribution in [0.25, 0.3) is 0 Å². The zero-order valence-corrected chi connectivity index (χ0v) is 15.6. The van der Waals surface area contributed by atoms with E-state index in [2.05, 4.69) is 58.2 Å². The van der Waals surface area contributed by atoms with Crippen molar-refractivity contribution in [2.24, 2.45) is 4.99 Å². The van der Waals surface area contributed by atoms with Gasteiger partial charge in [-0.25, -0.2) is 9.98 Å². The largest absolute Gasteiger partial charge is 0.357 e. The summed E-state index contributed by atoms with van der Waals surface area (Å²) in [5.41, 5.74) is 0. The van der Waals surface area contributed by atoms with Crippen molar-refractivity contribution >= 4 is 17.3 Å². The molecule has 0 aromatic carbocycles. The van der Waals surface area contributed by atoms with Crippen molar-refractivity contribution in [3.63, 3.8) is 0 Å². The van der Waals surface area contributed by atoms with E-state index in [1.807, 2.05) is 6.20 Å². The van der Waals surface area contributed by atoms with Crippen LogP contribution in [0.5, 0.6) is 0 Å². The fraction of sp³-hybridized carbons (Fsp3) is 0.750. The van der Waals surface area contributed by atoms with Crippen LogP contribution in [0.3, 0.4) is 0 Å². The van der Waals surface area contributed by atoms with E-state index >= 15 is 0 Å². The molecule has 1 saturated heterocycles. The molecule has 1 aliphatic heterocycles. The van der Waals surface area contributed by atoms with Gasteiger partial charge in [0, 0.05) is 56.4 Å². The SMILES string of the molecule is CCNC(=NCc1ncc(C)s1)NCC(C)N1CCN(C)CC1. The van der Waals surface area contributed by atoms with Crippen molar-refractivity contribution in [2.75, 3.05) is 46.3 Å². The summed E-state index contributed by atoms with van der Waals surface area (Å²) in [5, 5.41) is 7.84. The molecule has 1 unspecified atom stereocenters. The number of hydrogen-bond acceptors (Lipinski definition) is 5. The first-order valence-corrected chi connectivity index (χ1v) is 9.26. The molecule has 0 amide bonds. The number of thiazole rings is 1. The lowest BCUT2D eigenvalue weighted by Crippen LogP contribution is -2.52. The molecule has 130 valence electrons. The minimum absolute atomic E-state index is 0.509. The van der Waals surface area contributed by atoms with Crippen molar-refractivity contribution in [2.45, 2.75) is 33.4 Å². The fourth-order valence-corrected chi connectivity index (χ4v) is 3.31. The molecule has 23 heavy (non-hydrogen) atoms. The standard InChI is InChI=1S/C16H30N6S/c1-5-17-16(20-12-15-18-11-14(3)23-15)19-10-13(2)22-8-6-21(4)7-9-22/h11,13H,5-10,12H2,1-4H3,(H2,17,19,20). The molecule has 6 nitrogen and oxygen atoms in total. The lowest BCUT2D eigenvalue weighted by atomic mass is 10.2. The monoisotopic (exact) mass is 338 g/mol. The van der Waals surface area contributed by atoms with Gasteiger partial charge in [-0.1, -0.05) is 0 Å². The number of rotatable bonds is 6. The molecule has 1 fully saturated rings. The van der Waals surface area contributed by atoms with Gasteiger partial charge in [-0.2, -0.15) is 0 Å². The smallest absolute Gasteiger partial charge is 0.191 e. The van der Waals surface area contributed by atoms with E-state index in [0.717, 1.165) is 50.2 Å². The highest BCUT2D eigenvalue weighted by Crippen LogP contribution is 2.11. The maximum atomic E-state index is 4.64. The lowest BCUT2D eigenvalue weighted by molar-refractivity contribution is 0.120. The molecule has 0 bridgehead atoms. The van der Waals surface area contributed by atoms with Gasteiger partial charge in [0.15, 0.2) is 5.96 Å². The van der Waals surface area contributed by atoms with Crippen LogP contribution in [0.1, 0.15) is 23.7 Å². The molecule has 0 radical (unpaired) electrons. The van der Waals surface area contributed by atoms with Gasteiger partial charge in [-0.15, -0.1) is 11.3 Å². The second kappa shape index (κ2) is 9.20. The quantitative estimate of drug-likeness (QED) is 0.602. The third kappa shape index (κ3) is 6.08. The molecule has 0 saturated carbocycles. The minimum atomic E-state index is 0.509. The maximum absolute atomic E-state index is 4.64. The molecule has 1 aliphatic rings. The number of aliphatic imine (C=N–C) groups is 1. The highest BCUT2D eigenvalue weighted by atomic mass is 32.1. The second-order valence-electron chi connectivity index (χ2n) is 6.13. The number of hydrogen-bond donors (Lipinski definition) is 2. The number of aromatic nitrogens is 1. The normalized spacial score (nSPS) is 18.9. The number of likely N-dealkylation sites (N-methyl/N-ethyl adjacent to an activating group) is 1. The van der Waals surface area contributed by atoms with Gasteiger partial charge >= 0.3 is 0 Å². The van der Waals surface area contributed by atoms with Crippen LogP contribution in [-0.2, 0) is 6.54 Å². The summed E-state index contributed by atoms with van der Waals surface area (Å²) in [7, 11) is 2.19. The lowest BCUT2D eigenvalue weighted by Gasteiger charge is -2.36. The van der Waals surface area contributed by atoms with Gasteiger partial charge < -0.3 is 15.5 Å². The van der Waals surface area contributed by atoms with Crippen LogP contribution >= 0.6 is 11.3 Å². The van der Waals surface area contributed by atoms with E-state index in [-0.39, 0.29) is 0 Å². The summed E-state index contributed by atoms with van der Waals surface area (Å²) in [6.45, 7) is 13.5. The van der Waals surface area contributed by atoms with Crippen molar-refractivity contribution in [3.05, 3.63) is 16.1 Å². The maximum Gasteiger partial charge on any atom is 0.191 e. The number of aryl methyl sites for hydroxylation is 1. The van der Waals surface area contributed by atoms with Crippen LogP contribution < -0.4 is 10.6 Å². The van der Waals surface area contributed by atoms with Gasteiger partial charge in [0.2, 0.25) is 0 Å². The van der Waals surface area contributed by atoms with E-state index in [9.17, 15) is 0 Å². The summed E-state index contributed by atoms with van der Waals surface area (Å²) < 4.78 is 0. The molecule has 1 aromatic rings. The number of nitrogens with one attached hydrogen (secondary N) is 2. The highest BCUT2D eigenvalue weighted by molar-refractivity contribution is 7.11.